The van der Waals surface area contributed by atoms with E-state index in [9.17, 15) is 0 Å². The summed E-state index contributed by atoms with van der Waals surface area (Å²) in [7, 11) is 2.23. The molecule has 0 saturated carbocycles. The average molecular weight is 249 g/mol. The molecule has 2 rings (SSSR count). The number of aromatic nitrogens is 4. The van der Waals surface area contributed by atoms with Crippen molar-refractivity contribution in [3.05, 3.63) is 12.7 Å². The first kappa shape index (κ1) is 12.8. The van der Waals surface area contributed by atoms with Gasteiger partial charge in [-0.2, -0.15) is 0 Å². The summed E-state index contributed by atoms with van der Waals surface area (Å²) in [6, 6.07) is 0. The number of rotatable bonds is 7. The minimum Gasteiger partial charge on any atom is -0.363 e. The van der Waals surface area contributed by atoms with Gasteiger partial charge in [-0.15, -0.1) is 0 Å². The summed E-state index contributed by atoms with van der Waals surface area (Å²) < 4.78 is 0. The molecule has 0 aliphatic heterocycles. The van der Waals surface area contributed by atoms with Crippen molar-refractivity contribution in [2.75, 3.05) is 32.0 Å². The number of quaternary nitrogens is 1. The molecule has 3 N–H and O–H groups in total. The topological polar surface area (TPSA) is 70.9 Å². The van der Waals surface area contributed by atoms with E-state index in [2.05, 4.69) is 39.2 Å². The number of aromatic amines is 1. The van der Waals surface area contributed by atoms with Crippen molar-refractivity contribution < 1.29 is 4.90 Å². The number of imidazole rings is 1. The predicted molar refractivity (Wildman–Crippen MR) is 71.7 cm³/mol. The lowest BCUT2D eigenvalue weighted by Crippen LogP contribution is -3.09. The van der Waals surface area contributed by atoms with E-state index in [1.807, 2.05) is 0 Å². The molecule has 98 valence electrons. The third kappa shape index (κ3) is 3.16. The van der Waals surface area contributed by atoms with Gasteiger partial charge in [-0.25, -0.2) is 15.0 Å². The molecule has 1 atom stereocenters. The molecule has 0 aliphatic carbocycles. The molecular weight excluding hydrogens is 228 g/mol. The van der Waals surface area contributed by atoms with Crippen LogP contribution in [0.4, 0.5) is 5.82 Å². The summed E-state index contributed by atoms with van der Waals surface area (Å²) in [5, 5.41) is 3.34. The zero-order valence-corrected chi connectivity index (χ0v) is 11.0. The lowest BCUT2D eigenvalue weighted by atomic mass is 10.3. The Kier molecular flexibility index (Phi) is 4.46. The van der Waals surface area contributed by atoms with Crippen molar-refractivity contribution in [1.29, 1.82) is 0 Å². The van der Waals surface area contributed by atoms with Crippen molar-refractivity contribution in [2.45, 2.75) is 19.8 Å². The Morgan fingerprint density at radius 1 is 1.28 bits per heavy atom. The number of hydrogen-bond acceptors (Lipinski definition) is 4. The Morgan fingerprint density at radius 2 is 2.17 bits per heavy atom. The highest BCUT2D eigenvalue weighted by Crippen LogP contribution is 2.13. The van der Waals surface area contributed by atoms with Crippen molar-refractivity contribution >= 4 is 17.0 Å². The fourth-order valence-corrected chi connectivity index (χ4v) is 1.90. The van der Waals surface area contributed by atoms with Crippen LogP contribution in [0.15, 0.2) is 12.7 Å². The maximum atomic E-state index is 4.24. The monoisotopic (exact) mass is 249 g/mol. The van der Waals surface area contributed by atoms with Gasteiger partial charge in [0, 0.05) is 0 Å². The molecule has 2 heterocycles. The summed E-state index contributed by atoms with van der Waals surface area (Å²) in [6.45, 7) is 5.43. The van der Waals surface area contributed by atoms with E-state index in [1.54, 1.807) is 17.6 Å². The molecule has 0 saturated heterocycles. The Balaban J connectivity index is 1.85. The standard InChI is InChI=1S/C12H20N6/c1-3-4-6-18(2)7-5-13-11-10-12(15-8-14-10)17-9-16-11/h8-9H,3-7H2,1-2H3,(H2,13,14,15,16,17)/p+1. The minimum atomic E-state index is 0.708. The molecule has 0 radical (unpaired) electrons. The fraction of sp³-hybridized carbons (Fsp3) is 0.583. The molecule has 1 unspecified atom stereocenters. The van der Waals surface area contributed by atoms with Crippen LogP contribution in [0.5, 0.6) is 0 Å². The quantitative estimate of drug-likeness (QED) is 0.650. The van der Waals surface area contributed by atoms with Gasteiger partial charge in [-0.1, -0.05) is 13.3 Å². The summed E-state index contributed by atoms with van der Waals surface area (Å²) >= 11 is 0. The molecule has 0 amide bonds. The van der Waals surface area contributed by atoms with Crippen LogP contribution in [0, 0.1) is 0 Å². The summed E-state index contributed by atoms with van der Waals surface area (Å²) in [5.41, 5.74) is 1.59. The first-order valence-electron chi connectivity index (χ1n) is 6.50. The highest BCUT2D eigenvalue weighted by molar-refractivity contribution is 5.81. The normalized spacial score (nSPS) is 12.8. The Morgan fingerprint density at radius 3 is 3.00 bits per heavy atom. The third-order valence-corrected chi connectivity index (χ3v) is 3.02. The van der Waals surface area contributed by atoms with Gasteiger partial charge in [0.15, 0.2) is 11.5 Å². The molecule has 2 aromatic rings. The summed E-state index contributed by atoms with van der Waals surface area (Å²) in [4.78, 5) is 17.0. The molecule has 6 nitrogen and oxygen atoms in total. The Hall–Kier alpha value is -1.69. The second-order valence-corrected chi connectivity index (χ2v) is 4.56. The molecule has 0 fully saturated rings. The van der Waals surface area contributed by atoms with E-state index in [4.69, 9.17) is 0 Å². The van der Waals surface area contributed by atoms with Gasteiger partial charge in [0.05, 0.1) is 33.0 Å². The van der Waals surface area contributed by atoms with E-state index < -0.39 is 0 Å². The average Bonchev–Trinajstić information content (AvgIpc) is 2.85. The first-order chi connectivity index (χ1) is 8.81. The Bertz CT molecular complexity index is 480. The maximum absolute atomic E-state index is 4.24. The van der Waals surface area contributed by atoms with E-state index in [1.165, 1.54) is 19.4 Å². The van der Waals surface area contributed by atoms with Crippen LogP contribution >= 0.6 is 0 Å². The number of likely N-dealkylation sites (N-methyl/N-ethyl adjacent to an activating group) is 1. The van der Waals surface area contributed by atoms with Crippen LogP contribution in [0.2, 0.25) is 0 Å². The van der Waals surface area contributed by atoms with Crippen molar-refractivity contribution in [3.63, 3.8) is 0 Å². The molecular formula is C12H21N6+. The Labute approximate surface area is 107 Å². The number of anilines is 1. The van der Waals surface area contributed by atoms with Crippen LogP contribution in [0.1, 0.15) is 19.8 Å². The van der Waals surface area contributed by atoms with Crippen molar-refractivity contribution in [2.24, 2.45) is 0 Å². The molecule has 0 aliphatic rings. The minimum absolute atomic E-state index is 0.708. The molecule has 6 heteroatoms. The molecule has 0 bridgehead atoms. The van der Waals surface area contributed by atoms with E-state index >= 15 is 0 Å². The van der Waals surface area contributed by atoms with E-state index in [0.29, 0.717) is 5.65 Å². The molecule has 18 heavy (non-hydrogen) atoms. The number of nitrogens with zero attached hydrogens (tertiary/aromatic N) is 3. The maximum Gasteiger partial charge on any atom is 0.182 e. The molecule has 0 spiro atoms. The van der Waals surface area contributed by atoms with Gasteiger partial charge < -0.3 is 15.2 Å². The van der Waals surface area contributed by atoms with E-state index in [0.717, 1.165) is 24.4 Å². The van der Waals surface area contributed by atoms with Crippen LogP contribution in [-0.4, -0.2) is 46.6 Å². The number of unbranched alkanes of at least 4 members (excludes halogenated alkanes) is 1. The van der Waals surface area contributed by atoms with Crippen molar-refractivity contribution in [3.8, 4) is 0 Å². The third-order valence-electron chi connectivity index (χ3n) is 3.02. The molecule has 0 aromatic carbocycles. The van der Waals surface area contributed by atoms with E-state index in [-0.39, 0.29) is 0 Å². The number of nitrogens with one attached hydrogen (secondary N) is 3. The zero-order valence-electron chi connectivity index (χ0n) is 11.0. The van der Waals surface area contributed by atoms with Gasteiger partial charge in [0.2, 0.25) is 0 Å². The zero-order chi connectivity index (χ0) is 12.8. The first-order valence-corrected chi connectivity index (χ1v) is 6.50. The fourth-order valence-electron chi connectivity index (χ4n) is 1.90. The number of fused-ring (bicyclic) bond motifs is 1. The summed E-state index contributed by atoms with van der Waals surface area (Å²) in [6.07, 6.45) is 5.72. The SMILES string of the molecule is CCCC[NH+](C)CCNc1ncnc2nc[nH]c12. The number of H-pyrrole nitrogens is 1. The number of hydrogen-bond donors (Lipinski definition) is 3. The van der Waals surface area contributed by atoms with Gasteiger partial charge >= 0.3 is 0 Å². The highest BCUT2D eigenvalue weighted by atomic mass is 15.1. The lowest BCUT2D eigenvalue weighted by Gasteiger charge is -2.14. The van der Waals surface area contributed by atoms with Crippen LogP contribution in [0.25, 0.3) is 11.2 Å². The largest absolute Gasteiger partial charge is 0.363 e. The van der Waals surface area contributed by atoms with Gasteiger partial charge in [0.25, 0.3) is 0 Å². The van der Waals surface area contributed by atoms with Crippen molar-refractivity contribution in [1.82, 2.24) is 19.9 Å². The van der Waals surface area contributed by atoms with Gasteiger partial charge in [-0.3, -0.25) is 0 Å². The lowest BCUT2D eigenvalue weighted by molar-refractivity contribution is -0.878. The molecule has 2 aromatic heterocycles. The van der Waals surface area contributed by atoms with Crippen LogP contribution < -0.4 is 10.2 Å². The predicted octanol–water partition coefficient (Wildman–Crippen LogP) is 0.0796. The van der Waals surface area contributed by atoms with Crippen LogP contribution in [-0.2, 0) is 0 Å². The highest BCUT2D eigenvalue weighted by Gasteiger charge is 2.06. The second-order valence-electron chi connectivity index (χ2n) is 4.56. The van der Waals surface area contributed by atoms with Crippen LogP contribution in [0.3, 0.4) is 0 Å². The smallest absolute Gasteiger partial charge is 0.182 e. The summed E-state index contributed by atoms with van der Waals surface area (Å²) in [5.74, 6) is 0.834. The van der Waals surface area contributed by atoms with Gasteiger partial charge in [0.1, 0.15) is 11.8 Å². The second kappa shape index (κ2) is 6.30. The van der Waals surface area contributed by atoms with Gasteiger partial charge in [-0.05, 0) is 6.42 Å².